The summed E-state index contributed by atoms with van der Waals surface area (Å²) in [6.45, 7) is 3.70. The second kappa shape index (κ2) is 6.83. The predicted octanol–water partition coefficient (Wildman–Crippen LogP) is 3.13. The number of hydrogen-bond donors (Lipinski definition) is 3. The van der Waals surface area contributed by atoms with E-state index in [-0.39, 0.29) is 24.6 Å². The van der Waals surface area contributed by atoms with E-state index in [0.717, 1.165) is 0 Å². The van der Waals surface area contributed by atoms with E-state index in [1.54, 1.807) is 18.2 Å². The first-order chi connectivity index (χ1) is 8.43. The highest BCUT2D eigenvalue weighted by Crippen LogP contribution is 2.24. The van der Waals surface area contributed by atoms with Crippen LogP contribution in [0.1, 0.15) is 13.8 Å². The van der Waals surface area contributed by atoms with Crippen LogP contribution in [0.3, 0.4) is 0 Å². The van der Waals surface area contributed by atoms with Crippen LogP contribution in [0.4, 0.5) is 10.5 Å². The van der Waals surface area contributed by atoms with Gasteiger partial charge in [-0.1, -0.05) is 30.1 Å². The van der Waals surface area contributed by atoms with Crippen molar-refractivity contribution >= 4 is 34.9 Å². The van der Waals surface area contributed by atoms with Crippen molar-refractivity contribution in [3.05, 3.63) is 28.2 Å². The van der Waals surface area contributed by atoms with Crippen LogP contribution < -0.4 is 10.6 Å². The fourth-order valence-electron chi connectivity index (χ4n) is 1.25. The number of aliphatic hydroxyl groups is 1. The third kappa shape index (κ3) is 4.37. The van der Waals surface area contributed by atoms with Gasteiger partial charge in [-0.2, -0.15) is 0 Å². The van der Waals surface area contributed by atoms with Gasteiger partial charge in [0.1, 0.15) is 0 Å². The fraction of sp³-hybridized carbons (Fsp3) is 0.417. The molecule has 1 rings (SSSR count). The van der Waals surface area contributed by atoms with Gasteiger partial charge >= 0.3 is 6.03 Å². The van der Waals surface area contributed by atoms with Gasteiger partial charge in [-0.15, -0.1) is 0 Å². The fourth-order valence-corrected chi connectivity index (χ4v) is 1.55. The number of carbonyl (C=O) groups excluding carboxylic acids is 1. The molecule has 3 N–H and O–H groups in total. The molecular formula is C12H16Cl2N2O2. The third-order valence-corrected chi connectivity index (χ3v) is 3.42. The van der Waals surface area contributed by atoms with Crippen LogP contribution in [0.25, 0.3) is 0 Å². The van der Waals surface area contributed by atoms with E-state index in [2.05, 4.69) is 10.6 Å². The molecule has 0 aliphatic rings. The molecule has 0 fully saturated rings. The molecule has 0 aromatic heterocycles. The number of urea groups is 1. The molecule has 0 radical (unpaired) electrons. The minimum absolute atomic E-state index is 0.00967. The van der Waals surface area contributed by atoms with Crippen molar-refractivity contribution in [1.29, 1.82) is 0 Å². The number of hydrogen-bond acceptors (Lipinski definition) is 2. The van der Waals surface area contributed by atoms with E-state index < -0.39 is 0 Å². The maximum Gasteiger partial charge on any atom is 0.319 e. The zero-order valence-electron chi connectivity index (χ0n) is 10.2. The molecule has 100 valence electrons. The first-order valence-electron chi connectivity index (χ1n) is 5.57. The zero-order valence-corrected chi connectivity index (χ0v) is 11.7. The molecule has 1 aromatic rings. The highest BCUT2D eigenvalue weighted by atomic mass is 35.5. The quantitative estimate of drug-likeness (QED) is 0.798. The van der Waals surface area contributed by atoms with Crippen LogP contribution in [0.5, 0.6) is 0 Å². The lowest BCUT2D eigenvalue weighted by molar-refractivity contribution is 0.204. The monoisotopic (exact) mass is 290 g/mol. The van der Waals surface area contributed by atoms with Gasteiger partial charge in [-0.05, 0) is 31.0 Å². The molecule has 0 heterocycles. The number of benzene rings is 1. The largest absolute Gasteiger partial charge is 0.396 e. The smallest absolute Gasteiger partial charge is 0.319 e. The lowest BCUT2D eigenvalue weighted by Crippen LogP contribution is -2.40. The van der Waals surface area contributed by atoms with Crippen molar-refractivity contribution in [2.24, 2.45) is 5.92 Å². The number of carbonyl (C=O) groups is 1. The van der Waals surface area contributed by atoms with Crippen LogP contribution in [0, 0.1) is 5.92 Å². The maximum absolute atomic E-state index is 11.7. The summed E-state index contributed by atoms with van der Waals surface area (Å²) in [5, 5.41) is 15.2. The molecule has 2 atom stereocenters. The highest BCUT2D eigenvalue weighted by molar-refractivity contribution is 6.42. The van der Waals surface area contributed by atoms with Crippen LogP contribution in [-0.2, 0) is 0 Å². The van der Waals surface area contributed by atoms with Crippen LogP contribution in [0.2, 0.25) is 10.0 Å². The molecule has 4 nitrogen and oxygen atoms in total. The normalized spacial score (nSPS) is 13.8. The van der Waals surface area contributed by atoms with Gasteiger partial charge in [0.15, 0.2) is 0 Å². The Morgan fingerprint density at radius 3 is 2.56 bits per heavy atom. The predicted molar refractivity (Wildman–Crippen MR) is 74.3 cm³/mol. The Morgan fingerprint density at radius 2 is 2.00 bits per heavy atom. The van der Waals surface area contributed by atoms with Gasteiger partial charge in [-0.25, -0.2) is 4.79 Å². The molecule has 2 unspecified atom stereocenters. The SMILES string of the molecule is CC(CO)C(C)NC(=O)Nc1ccc(Cl)c(Cl)c1. The lowest BCUT2D eigenvalue weighted by Gasteiger charge is -2.19. The molecule has 1 aromatic carbocycles. The summed E-state index contributed by atoms with van der Waals surface area (Å²) in [7, 11) is 0. The molecular weight excluding hydrogens is 275 g/mol. The molecule has 0 spiro atoms. The average Bonchev–Trinajstić information content (AvgIpc) is 2.32. The summed E-state index contributed by atoms with van der Waals surface area (Å²) in [6.07, 6.45) is 0. The highest BCUT2D eigenvalue weighted by Gasteiger charge is 2.13. The van der Waals surface area contributed by atoms with E-state index in [0.29, 0.717) is 15.7 Å². The minimum Gasteiger partial charge on any atom is -0.396 e. The number of nitrogens with one attached hydrogen (secondary N) is 2. The number of rotatable bonds is 4. The van der Waals surface area contributed by atoms with Gasteiger partial charge in [0.2, 0.25) is 0 Å². The number of halogens is 2. The maximum atomic E-state index is 11.7. The Kier molecular flexibility index (Phi) is 5.72. The second-order valence-electron chi connectivity index (χ2n) is 4.18. The van der Waals surface area contributed by atoms with E-state index in [9.17, 15) is 4.79 Å². The molecule has 0 aliphatic heterocycles. The summed E-state index contributed by atoms with van der Waals surface area (Å²) in [4.78, 5) is 11.7. The summed E-state index contributed by atoms with van der Waals surface area (Å²) < 4.78 is 0. The standard InChI is InChI=1S/C12H16Cl2N2O2/c1-7(6-17)8(2)15-12(18)16-9-3-4-10(13)11(14)5-9/h3-5,7-8,17H,6H2,1-2H3,(H2,15,16,18). The topological polar surface area (TPSA) is 61.4 Å². The van der Waals surface area contributed by atoms with Crippen molar-refractivity contribution in [2.75, 3.05) is 11.9 Å². The van der Waals surface area contributed by atoms with Gasteiger partial charge in [-0.3, -0.25) is 0 Å². The molecule has 0 bridgehead atoms. The molecule has 6 heteroatoms. The number of anilines is 1. The lowest BCUT2D eigenvalue weighted by atomic mass is 10.1. The van der Waals surface area contributed by atoms with E-state index in [1.807, 2.05) is 13.8 Å². The number of aliphatic hydroxyl groups excluding tert-OH is 1. The Labute approximate surface area is 116 Å². The van der Waals surface area contributed by atoms with Crippen molar-refractivity contribution in [2.45, 2.75) is 19.9 Å². The first-order valence-corrected chi connectivity index (χ1v) is 6.33. The van der Waals surface area contributed by atoms with Crippen molar-refractivity contribution < 1.29 is 9.90 Å². The van der Waals surface area contributed by atoms with Crippen molar-refractivity contribution in [3.8, 4) is 0 Å². The van der Waals surface area contributed by atoms with Gasteiger partial charge in [0.25, 0.3) is 0 Å². The molecule has 0 saturated carbocycles. The van der Waals surface area contributed by atoms with Crippen molar-refractivity contribution in [3.63, 3.8) is 0 Å². The molecule has 0 aliphatic carbocycles. The van der Waals surface area contributed by atoms with Crippen LogP contribution in [0.15, 0.2) is 18.2 Å². The van der Waals surface area contributed by atoms with Gasteiger partial charge in [0, 0.05) is 18.3 Å². The van der Waals surface area contributed by atoms with Gasteiger partial charge in [0.05, 0.1) is 10.0 Å². The number of amides is 2. The Hall–Kier alpha value is -0.970. The summed E-state index contributed by atoms with van der Waals surface area (Å²) in [5.74, 6) is -0.00967. The molecule has 2 amide bonds. The van der Waals surface area contributed by atoms with Gasteiger partial charge < -0.3 is 15.7 Å². The summed E-state index contributed by atoms with van der Waals surface area (Å²) >= 11 is 11.6. The molecule has 18 heavy (non-hydrogen) atoms. The zero-order chi connectivity index (χ0) is 13.7. The molecule has 0 saturated heterocycles. The first kappa shape index (κ1) is 15.1. The van der Waals surface area contributed by atoms with E-state index in [1.165, 1.54) is 0 Å². The average molecular weight is 291 g/mol. The van der Waals surface area contributed by atoms with Crippen molar-refractivity contribution in [1.82, 2.24) is 5.32 Å². The second-order valence-corrected chi connectivity index (χ2v) is 4.99. The van der Waals surface area contributed by atoms with E-state index in [4.69, 9.17) is 28.3 Å². The van der Waals surface area contributed by atoms with Crippen LogP contribution in [-0.4, -0.2) is 23.8 Å². The third-order valence-electron chi connectivity index (χ3n) is 2.68. The summed E-state index contributed by atoms with van der Waals surface area (Å²) in [5.41, 5.74) is 0.561. The Morgan fingerprint density at radius 1 is 1.33 bits per heavy atom. The Bertz CT molecular complexity index is 427. The minimum atomic E-state index is -0.346. The van der Waals surface area contributed by atoms with Crippen LogP contribution >= 0.6 is 23.2 Å². The summed E-state index contributed by atoms with van der Waals surface area (Å²) in [6, 6.07) is 4.37. The Balaban J connectivity index is 2.57. The van der Waals surface area contributed by atoms with E-state index >= 15 is 0 Å².